The van der Waals surface area contributed by atoms with Crippen LogP contribution in [0.4, 0.5) is 26.7 Å². The molecule has 0 aliphatic heterocycles. The fourth-order valence-corrected chi connectivity index (χ4v) is 2.80. The molecule has 6 nitrogen and oxygen atoms in total. The second-order valence-electron chi connectivity index (χ2n) is 6.71. The van der Waals surface area contributed by atoms with Gasteiger partial charge < -0.3 is 21.3 Å². The van der Waals surface area contributed by atoms with E-state index in [1.165, 1.54) is 0 Å². The molecule has 6 heteroatoms. The molecule has 0 atom stereocenters. The standard InChI is InChI=1S/C23H24N4O2/c1-16-8-6-7-9-18(16)15-24-22(28)27-21-14-20(13-12-17(21)2)26-23(29)25-19-10-4-3-5-11-19/h3-14H,15H2,1-2H3,(H2,24,27,28)(H2,25,26,29). The summed E-state index contributed by atoms with van der Waals surface area (Å²) in [5.41, 5.74) is 4.99. The monoisotopic (exact) mass is 388 g/mol. The first-order valence-corrected chi connectivity index (χ1v) is 9.34. The summed E-state index contributed by atoms with van der Waals surface area (Å²) in [6, 6.07) is 21.8. The molecule has 4 amide bonds. The fourth-order valence-electron chi connectivity index (χ4n) is 2.80. The smallest absolute Gasteiger partial charge is 0.323 e. The minimum Gasteiger partial charge on any atom is -0.334 e. The van der Waals surface area contributed by atoms with Crippen LogP contribution in [0.2, 0.25) is 0 Å². The summed E-state index contributed by atoms with van der Waals surface area (Å²) in [6.45, 7) is 4.34. The lowest BCUT2D eigenvalue weighted by atomic mass is 10.1. The second kappa shape index (κ2) is 9.41. The molecular weight excluding hydrogens is 364 g/mol. The summed E-state index contributed by atoms with van der Waals surface area (Å²) in [6.07, 6.45) is 0. The largest absolute Gasteiger partial charge is 0.334 e. The van der Waals surface area contributed by atoms with Crippen molar-refractivity contribution in [1.29, 1.82) is 0 Å². The highest BCUT2D eigenvalue weighted by molar-refractivity contribution is 6.00. The molecule has 0 fully saturated rings. The first-order valence-electron chi connectivity index (χ1n) is 9.34. The third kappa shape index (κ3) is 5.84. The summed E-state index contributed by atoms with van der Waals surface area (Å²) >= 11 is 0. The minimum absolute atomic E-state index is 0.303. The van der Waals surface area contributed by atoms with E-state index in [4.69, 9.17) is 0 Å². The summed E-state index contributed by atoms with van der Waals surface area (Å²) in [7, 11) is 0. The molecule has 0 saturated heterocycles. The van der Waals surface area contributed by atoms with Crippen molar-refractivity contribution in [1.82, 2.24) is 5.32 Å². The Morgan fingerprint density at radius 1 is 0.690 bits per heavy atom. The molecule has 0 aromatic heterocycles. The van der Waals surface area contributed by atoms with E-state index < -0.39 is 0 Å². The van der Waals surface area contributed by atoms with Crippen LogP contribution in [0.5, 0.6) is 0 Å². The average Bonchev–Trinajstić information content (AvgIpc) is 2.70. The van der Waals surface area contributed by atoms with Crippen LogP contribution in [-0.4, -0.2) is 12.1 Å². The zero-order chi connectivity index (χ0) is 20.6. The molecule has 0 bridgehead atoms. The molecule has 0 aliphatic carbocycles. The lowest BCUT2D eigenvalue weighted by molar-refractivity contribution is 0.251. The molecule has 0 spiro atoms. The summed E-state index contributed by atoms with van der Waals surface area (Å²) in [5.74, 6) is 0. The van der Waals surface area contributed by atoms with Crippen LogP contribution < -0.4 is 21.3 Å². The van der Waals surface area contributed by atoms with Crippen molar-refractivity contribution in [2.75, 3.05) is 16.0 Å². The van der Waals surface area contributed by atoms with Gasteiger partial charge in [0.2, 0.25) is 0 Å². The lowest BCUT2D eigenvalue weighted by Gasteiger charge is -2.13. The van der Waals surface area contributed by atoms with Gasteiger partial charge in [-0.15, -0.1) is 0 Å². The number of carbonyl (C=O) groups excluding carboxylic acids is 2. The van der Waals surface area contributed by atoms with Gasteiger partial charge >= 0.3 is 12.1 Å². The topological polar surface area (TPSA) is 82.3 Å². The van der Waals surface area contributed by atoms with Crippen molar-refractivity contribution in [3.05, 3.63) is 89.5 Å². The number of amides is 4. The number of hydrogen-bond donors (Lipinski definition) is 4. The van der Waals surface area contributed by atoms with Gasteiger partial charge in [0.25, 0.3) is 0 Å². The van der Waals surface area contributed by atoms with E-state index in [-0.39, 0.29) is 12.1 Å². The first kappa shape index (κ1) is 19.9. The van der Waals surface area contributed by atoms with Crippen molar-refractivity contribution in [3.63, 3.8) is 0 Å². The van der Waals surface area contributed by atoms with E-state index in [1.807, 2.05) is 62.4 Å². The van der Waals surface area contributed by atoms with Crippen LogP contribution in [0.25, 0.3) is 0 Å². The number of aryl methyl sites for hydroxylation is 2. The molecule has 3 aromatic rings. The Bertz CT molecular complexity index is 1000. The van der Waals surface area contributed by atoms with Crippen molar-refractivity contribution < 1.29 is 9.59 Å². The van der Waals surface area contributed by atoms with Gasteiger partial charge in [-0.25, -0.2) is 9.59 Å². The number of carbonyl (C=O) groups is 2. The normalized spacial score (nSPS) is 10.1. The predicted molar refractivity (Wildman–Crippen MR) is 117 cm³/mol. The third-order valence-corrected chi connectivity index (χ3v) is 4.48. The number of para-hydroxylation sites is 1. The zero-order valence-corrected chi connectivity index (χ0v) is 16.5. The van der Waals surface area contributed by atoms with Gasteiger partial charge in [0.05, 0.1) is 0 Å². The first-order chi connectivity index (χ1) is 14.0. The van der Waals surface area contributed by atoms with Crippen LogP contribution in [0.15, 0.2) is 72.8 Å². The fraction of sp³-hybridized carbons (Fsp3) is 0.130. The van der Waals surface area contributed by atoms with E-state index in [0.717, 1.165) is 16.7 Å². The number of hydrogen-bond acceptors (Lipinski definition) is 2. The number of rotatable bonds is 5. The van der Waals surface area contributed by atoms with Gasteiger partial charge in [-0.2, -0.15) is 0 Å². The van der Waals surface area contributed by atoms with Crippen LogP contribution in [-0.2, 0) is 6.54 Å². The number of nitrogens with one attached hydrogen (secondary N) is 4. The maximum absolute atomic E-state index is 12.3. The van der Waals surface area contributed by atoms with Gasteiger partial charge in [0.15, 0.2) is 0 Å². The zero-order valence-electron chi connectivity index (χ0n) is 16.5. The Kier molecular flexibility index (Phi) is 6.47. The van der Waals surface area contributed by atoms with Crippen molar-refractivity contribution in [2.24, 2.45) is 0 Å². The van der Waals surface area contributed by atoms with Crippen LogP contribution in [0, 0.1) is 13.8 Å². The lowest BCUT2D eigenvalue weighted by Crippen LogP contribution is -2.28. The summed E-state index contributed by atoms with van der Waals surface area (Å²) < 4.78 is 0. The molecule has 29 heavy (non-hydrogen) atoms. The van der Waals surface area contributed by atoms with Crippen molar-refractivity contribution in [3.8, 4) is 0 Å². The second-order valence-corrected chi connectivity index (χ2v) is 6.71. The third-order valence-electron chi connectivity index (χ3n) is 4.48. The van der Waals surface area contributed by atoms with Crippen molar-refractivity contribution >= 4 is 29.1 Å². The van der Waals surface area contributed by atoms with E-state index in [2.05, 4.69) is 21.3 Å². The van der Waals surface area contributed by atoms with Gasteiger partial charge in [-0.05, 0) is 54.8 Å². The maximum Gasteiger partial charge on any atom is 0.323 e. The Balaban J connectivity index is 1.59. The minimum atomic E-state index is -0.352. The van der Waals surface area contributed by atoms with Gasteiger partial charge in [0.1, 0.15) is 0 Å². The van der Waals surface area contributed by atoms with Crippen LogP contribution in [0.1, 0.15) is 16.7 Å². The Morgan fingerprint density at radius 3 is 2.14 bits per heavy atom. The molecule has 0 heterocycles. The molecule has 0 radical (unpaired) electrons. The van der Waals surface area contributed by atoms with Gasteiger partial charge in [-0.1, -0.05) is 48.5 Å². The summed E-state index contributed by atoms with van der Waals surface area (Å²) in [5, 5.41) is 11.2. The quantitative estimate of drug-likeness (QED) is 0.480. The van der Waals surface area contributed by atoms with E-state index in [0.29, 0.717) is 23.6 Å². The highest BCUT2D eigenvalue weighted by Crippen LogP contribution is 2.20. The SMILES string of the molecule is Cc1ccccc1CNC(=O)Nc1cc(NC(=O)Nc2ccccc2)ccc1C. The van der Waals surface area contributed by atoms with E-state index in [9.17, 15) is 9.59 Å². The van der Waals surface area contributed by atoms with Crippen molar-refractivity contribution in [2.45, 2.75) is 20.4 Å². The Labute approximate surface area is 170 Å². The molecule has 148 valence electrons. The molecule has 0 aliphatic rings. The predicted octanol–water partition coefficient (Wildman–Crippen LogP) is 5.27. The van der Waals surface area contributed by atoms with E-state index in [1.54, 1.807) is 24.3 Å². The van der Waals surface area contributed by atoms with Gasteiger partial charge in [0, 0.05) is 23.6 Å². The number of urea groups is 2. The summed E-state index contributed by atoms with van der Waals surface area (Å²) in [4.78, 5) is 24.5. The van der Waals surface area contributed by atoms with Crippen LogP contribution in [0.3, 0.4) is 0 Å². The maximum atomic E-state index is 12.3. The average molecular weight is 388 g/mol. The Hall–Kier alpha value is -3.80. The number of anilines is 3. The van der Waals surface area contributed by atoms with Crippen LogP contribution >= 0.6 is 0 Å². The molecule has 4 N–H and O–H groups in total. The Morgan fingerprint density at radius 2 is 1.38 bits per heavy atom. The molecule has 0 saturated carbocycles. The number of benzene rings is 3. The van der Waals surface area contributed by atoms with E-state index >= 15 is 0 Å². The molecule has 3 rings (SSSR count). The van der Waals surface area contributed by atoms with Gasteiger partial charge in [-0.3, -0.25) is 0 Å². The highest BCUT2D eigenvalue weighted by atomic mass is 16.2. The highest BCUT2D eigenvalue weighted by Gasteiger charge is 2.08. The molecule has 0 unspecified atom stereocenters. The molecular formula is C23H24N4O2. The molecule has 3 aromatic carbocycles.